The fourth-order valence-electron chi connectivity index (χ4n) is 3.88. The van der Waals surface area contributed by atoms with Crippen LogP contribution >= 0.6 is 0 Å². The lowest BCUT2D eigenvalue weighted by Gasteiger charge is -2.29. The van der Waals surface area contributed by atoms with Gasteiger partial charge < -0.3 is 10.6 Å². The van der Waals surface area contributed by atoms with Crippen LogP contribution < -0.4 is 10.6 Å². The number of aromatic amines is 1. The number of alkyl halides is 3. The number of nitrogens with one attached hydrogen (secondary N) is 3. The van der Waals surface area contributed by atoms with Gasteiger partial charge in [-0.05, 0) is 49.1 Å². The predicted octanol–water partition coefficient (Wildman–Crippen LogP) is 4.79. The van der Waals surface area contributed by atoms with Gasteiger partial charge in [0.15, 0.2) is 0 Å². The number of carbonyl (C=O) groups excluding carboxylic acids is 2. The molecule has 0 radical (unpaired) electrons. The quantitative estimate of drug-likeness (QED) is 0.574. The number of H-pyrrole nitrogens is 1. The van der Waals surface area contributed by atoms with Crippen LogP contribution in [0, 0.1) is 18.8 Å². The summed E-state index contributed by atoms with van der Waals surface area (Å²) in [5.74, 6) is -1.71. The van der Waals surface area contributed by atoms with Crippen molar-refractivity contribution in [3.8, 4) is 11.3 Å². The van der Waals surface area contributed by atoms with Crippen molar-refractivity contribution in [3.63, 3.8) is 0 Å². The van der Waals surface area contributed by atoms with E-state index >= 15 is 0 Å². The van der Waals surface area contributed by atoms with Crippen LogP contribution in [0.4, 0.5) is 23.2 Å². The first-order valence-corrected chi connectivity index (χ1v) is 10.2. The number of rotatable bonds is 4. The molecule has 1 aliphatic carbocycles. The number of hydrogen-bond donors (Lipinski definition) is 3. The summed E-state index contributed by atoms with van der Waals surface area (Å²) in [7, 11) is 0. The van der Waals surface area contributed by atoms with E-state index in [-0.39, 0.29) is 29.8 Å². The molecule has 33 heavy (non-hydrogen) atoms. The maximum absolute atomic E-state index is 13.4. The molecule has 6 nitrogen and oxygen atoms in total. The highest BCUT2D eigenvalue weighted by atomic mass is 19.4. The number of halogens is 4. The SMILES string of the molecule is Cc1ccc(-c2cc(C(F)(F)F)[nH]n2)cc1NC(=O)C1=CNC(=O)CC1C1C=CC(F)=CC1. The topological polar surface area (TPSA) is 86.9 Å². The highest BCUT2D eigenvalue weighted by Gasteiger charge is 2.34. The largest absolute Gasteiger partial charge is 0.432 e. The Kier molecular flexibility index (Phi) is 5.92. The van der Waals surface area contributed by atoms with E-state index in [1.807, 2.05) is 5.10 Å². The molecule has 2 atom stereocenters. The summed E-state index contributed by atoms with van der Waals surface area (Å²) in [4.78, 5) is 25.1. The first-order valence-electron chi connectivity index (χ1n) is 10.2. The molecule has 0 saturated heterocycles. The fraction of sp³-hybridized carbons (Fsp3) is 0.261. The second kappa shape index (κ2) is 8.68. The summed E-state index contributed by atoms with van der Waals surface area (Å²) >= 11 is 0. The van der Waals surface area contributed by atoms with Gasteiger partial charge in [-0.2, -0.15) is 18.3 Å². The molecule has 2 aromatic rings. The van der Waals surface area contributed by atoms with Gasteiger partial charge in [-0.15, -0.1) is 0 Å². The minimum Gasteiger partial charge on any atom is -0.332 e. The van der Waals surface area contributed by atoms with Gasteiger partial charge >= 0.3 is 6.18 Å². The summed E-state index contributed by atoms with van der Waals surface area (Å²) in [5.41, 5.74) is 0.931. The fourth-order valence-corrected chi connectivity index (χ4v) is 3.88. The normalized spacial score (nSPS) is 20.7. The average molecular weight is 460 g/mol. The summed E-state index contributed by atoms with van der Waals surface area (Å²) in [6.07, 6.45) is 1.64. The lowest BCUT2D eigenvalue weighted by molar-refractivity contribution is -0.141. The molecule has 0 fully saturated rings. The van der Waals surface area contributed by atoms with Crippen molar-refractivity contribution >= 4 is 17.5 Å². The number of benzene rings is 1. The minimum atomic E-state index is -4.55. The van der Waals surface area contributed by atoms with Crippen molar-refractivity contribution in [2.24, 2.45) is 11.8 Å². The maximum atomic E-state index is 13.4. The maximum Gasteiger partial charge on any atom is 0.432 e. The standard InChI is InChI=1S/C23H20F4N4O2/c1-12-2-3-14(19-10-20(31-30-19)23(25,26)27)8-18(12)29-22(33)17-11-28-21(32)9-16(17)13-4-6-15(24)7-5-13/h2-4,6-8,10-11,13,16H,5,9H2,1H3,(H,28,32)(H,29,33)(H,30,31). The van der Waals surface area contributed by atoms with Crippen LogP contribution in [-0.2, 0) is 15.8 Å². The first kappa shape index (κ1) is 22.5. The molecule has 2 unspecified atom stereocenters. The zero-order valence-corrected chi connectivity index (χ0v) is 17.5. The van der Waals surface area contributed by atoms with Crippen LogP contribution in [0.2, 0.25) is 0 Å². The smallest absolute Gasteiger partial charge is 0.332 e. The molecule has 0 spiro atoms. The van der Waals surface area contributed by atoms with E-state index in [4.69, 9.17) is 0 Å². The number of carbonyl (C=O) groups is 2. The Bertz CT molecular complexity index is 1190. The Morgan fingerprint density at radius 3 is 2.70 bits per heavy atom. The predicted molar refractivity (Wildman–Crippen MR) is 113 cm³/mol. The van der Waals surface area contributed by atoms with E-state index in [2.05, 4.69) is 15.7 Å². The van der Waals surface area contributed by atoms with Crippen molar-refractivity contribution in [2.45, 2.75) is 25.9 Å². The molecular weight excluding hydrogens is 440 g/mol. The van der Waals surface area contributed by atoms with Crippen molar-refractivity contribution < 1.29 is 27.2 Å². The Hall–Kier alpha value is -3.69. The van der Waals surface area contributed by atoms with Gasteiger partial charge in [-0.1, -0.05) is 18.2 Å². The molecule has 1 aliphatic heterocycles. The molecular formula is C23H20F4N4O2. The third-order valence-corrected chi connectivity index (χ3v) is 5.72. The van der Waals surface area contributed by atoms with Gasteiger partial charge in [0, 0.05) is 35.4 Å². The summed E-state index contributed by atoms with van der Waals surface area (Å²) in [6.45, 7) is 1.75. The third kappa shape index (κ3) is 4.89. The van der Waals surface area contributed by atoms with E-state index in [0.717, 1.165) is 6.07 Å². The summed E-state index contributed by atoms with van der Waals surface area (Å²) in [6, 6.07) is 5.71. The molecule has 172 valence electrons. The molecule has 0 saturated carbocycles. The highest BCUT2D eigenvalue weighted by Crippen LogP contribution is 2.35. The van der Waals surface area contributed by atoms with Crippen LogP contribution in [0.25, 0.3) is 11.3 Å². The number of nitrogens with zero attached hydrogens (tertiary/aromatic N) is 1. The van der Waals surface area contributed by atoms with Crippen LogP contribution in [-0.4, -0.2) is 22.0 Å². The van der Waals surface area contributed by atoms with E-state index in [1.165, 1.54) is 18.4 Å². The molecule has 0 bridgehead atoms. The molecule has 3 N–H and O–H groups in total. The van der Waals surface area contributed by atoms with Crippen LogP contribution in [0.5, 0.6) is 0 Å². The number of anilines is 1. The van der Waals surface area contributed by atoms with E-state index in [1.54, 1.807) is 31.2 Å². The summed E-state index contributed by atoms with van der Waals surface area (Å²) in [5, 5.41) is 11.0. The lowest BCUT2D eigenvalue weighted by atomic mass is 9.78. The molecule has 2 aliphatic rings. The number of hydrogen-bond acceptors (Lipinski definition) is 3. The van der Waals surface area contributed by atoms with Gasteiger partial charge in [0.25, 0.3) is 5.91 Å². The van der Waals surface area contributed by atoms with Gasteiger partial charge in [-0.25, -0.2) is 4.39 Å². The van der Waals surface area contributed by atoms with Crippen molar-refractivity contribution in [2.75, 3.05) is 5.32 Å². The second-order valence-electron chi connectivity index (χ2n) is 7.97. The molecule has 2 amide bonds. The Morgan fingerprint density at radius 2 is 2.03 bits per heavy atom. The number of aromatic nitrogens is 2. The number of amides is 2. The van der Waals surface area contributed by atoms with Gasteiger partial charge in [0.05, 0.1) is 5.69 Å². The van der Waals surface area contributed by atoms with Gasteiger partial charge in [-0.3, -0.25) is 14.7 Å². The van der Waals surface area contributed by atoms with Crippen LogP contribution in [0.3, 0.4) is 0 Å². The Morgan fingerprint density at radius 1 is 1.24 bits per heavy atom. The van der Waals surface area contributed by atoms with E-state index in [0.29, 0.717) is 28.8 Å². The van der Waals surface area contributed by atoms with Crippen LogP contribution in [0.15, 0.2) is 60.1 Å². The van der Waals surface area contributed by atoms with Crippen LogP contribution in [0.1, 0.15) is 24.1 Å². The zero-order valence-electron chi connectivity index (χ0n) is 17.5. The summed E-state index contributed by atoms with van der Waals surface area (Å²) < 4.78 is 52.0. The Balaban J connectivity index is 1.57. The zero-order chi connectivity index (χ0) is 23.8. The number of allylic oxidation sites excluding steroid dienone is 4. The monoisotopic (exact) mass is 460 g/mol. The van der Waals surface area contributed by atoms with Crippen molar-refractivity contribution in [1.82, 2.24) is 15.5 Å². The highest BCUT2D eigenvalue weighted by molar-refractivity contribution is 6.06. The lowest BCUT2D eigenvalue weighted by Crippen LogP contribution is -2.36. The first-order chi connectivity index (χ1) is 15.6. The number of aryl methyl sites for hydroxylation is 1. The molecule has 1 aromatic carbocycles. The third-order valence-electron chi connectivity index (χ3n) is 5.72. The van der Waals surface area contributed by atoms with Crippen molar-refractivity contribution in [3.05, 3.63) is 71.4 Å². The molecule has 1 aromatic heterocycles. The Labute approximate surface area is 186 Å². The molecule has 2 heterocycles. The van der Waals surface area contributed by atoms with Gasteiger partial charge in [0.2, 0.25) is 5.91 Å². The van der Waals surface area contributed by atoms with Crippen molar-refractivity contribution in [1.29, 1.82) is 0 Å². The minimum absolute atomic E-state index is 0.0796. The van der Waals surface area contributed by atoms with E-state index in [9.17, 15) is 27.2 Å². The second-order valence-corrected chi connectivity index (χ2v) is 7.97. The molecule has 4 rings (SSSR count). The average Bonchev–Trinajstić information content (AvgIpc) is 3.27. The van der Waals surface area contributed by atoms with E-state index < -0.39 is 23.7 Å². The van der Waals surface area contributed by atoms with Gasteiger partial charge in [0.1, 0.15) is 11.5 Å². The molecule has 10 heteroatoms.